The van der Waals surface area contributed by atoms with Gasteiger partial charge in [0.2, 0.25) is 5.88 Å². The third kappa shape index (κ3) is 5.15. The monoisotopic (exact) mass is 658 g/mol. The summed E-state index contributed by atoms with van der Waals surface area (Å²) < 4.78 is 59.2. The van der Waals surface area contributed by atoms with Crippen molar-refractivity contribution in [2.45, 2.75) is 88.3 Å². The normalized spacial score (nSPS) is 25.7. The summed E-state index contributed by atoms with van der Waals surface area (Å²) in [5.74, 6) is 1.08. The van der Waals surface area contributed by atoms with E-state index in [1.165, 1.54) is 24.3 Å². The molecule has 1 aliphatic carbocycles. The summed E-state index contributed by atoms with van der Waals surface area (Å²) in [6.45, 7) is 5.32. The summed E-state index contributed by atoms with van der Waals surface area (Å²) in [5, 5.41) is 18.7. The number of phenols is 1. The van der Waals surface area contributed by atoms with Crippen LogP contribution in [0.3, 0.4) is 0 Å². The van der Waals surface area contributed by atoms with Gasteiger partial charge < -0.3 is 25.2 Å². The van der Waals surface area contributed by atoms with E-state index in [1.807, 2.05) is 6.92 Å². The molecule has 4 aliphatic rings. The molecule has 2 saturated heterocycles. The van der Waals surface area contributed by atoms with Gasteiger partial charge in [0.1, 0.15) is 52.9 Å². The number of hydrogen-bond acceptors (Lipinski definition) is 9. The molecule has 3 N–H and O–H groups in total. The highest BCUT2D eigenvalue weighted by atomic mass is 19.1. The van der Waals surface area contributed by atoms with E-state index in [2.05, 4.69) is 38.3 Å². The number of ether oxygens (including phenoxy) is 2. The van der Waals surface area contributed by atoms with Crippen molar-refractivity contribution in [2.24, 2.45) is 0 Å². The number of nitrogens with one attached hydrogen (secondary N) is 2. The second-order valence-electron chi connectivity index (χ2n) is 13.6. The van der Waals surface area contributed by atoms with Crippen LogP contribution in [0.15, 0.2) is 24.3 Å². The van der Waals surface area contributed by atoms with E-state index in [0.29, 0.717) is 30.2 Å². The third-order valence-corrected chi connectivity index (χ3v) is 10.4. The quantitative estimate of drug-likeness (QED) is 0.201. The van der Waals surface area contributed by atoms with Crippen LogP contribution in [-0.4, -0.2) is 80.6 Å². The van der Waals surface area contributed by atoms with Crippen molar-refractivity contribution in [3.05, 3.63) is 41.5 Å². The van der Waals surface area contributed by atoms with Crippen molar-refractivity contribution in [1.29, 1.82) is 0 Å². The number of aromatic hydroxyl groups is 1. The van der Waals surface area contributed by atoms with Gasteiger partial charge in [0.15, 0.2) is 5.82 Å². The Morgan fingerprint density at radius 1 is 1.23 bits per heavy atom. The van der Waals surface area contributed by atoms with E-state index >= 15 is 4.39 Å². The van der Waals surface area contributed by atoms with Gasteiger partial charge in [0.25, 0.3) is 0 Å². The molecule has 8 rings (SSSR count). The Hall–Kier alpha value is -4.34. The molecular formula is C36H37F3N6O3. The first-order valence-electron chi connectivity index (χ1n) is 16.7. The van der Waals surface area contributed by atoms with Crippen molar-refractivity contribution in [2.75, 3.05) is 25.0 Å². The van der Waals surface area contributed by atoms with Crippen LogP contribution in [0.5, 0.6) is 17.6 Å². The largest absolute Gasteiger partial charge is 0.508 e. The van der Waals surface area contributed by atoms with Crippen LogP contribution in [0, 0.1) is 24.0 Å². The predicted molar refractivity (Wildman–Crippen MR) is 176 cm³/mol. The number of anilines is 1. The average Bonchev–Trinajstić information content (AvgIpc) is 3.75. The smallest absolute Gasteiger partial charge is 0.319 e. The first-order chi connectivity index (χ1) is 23.2. The number of fused-ring (bicyclic) bond motifs is 2. The molecule has 2 aromatic heterocycles. The molecule has 1 saturated carbocycles. The highest BCUT2D eigenvalue weighted by Crippen LogP contribution is 2.44. The predicted octanol–water partition coefficient (Wildman–Crippen LogP) is 5.86. The van der Waals surface area contributed by atoms with Gasteiger partial charge in [0.05, 0.1) is 17.1 Å². The Balaban J connectivity index is 1.30. The Kier molecular flexibility index (Phi) is 7.53. The highest BCUT2D eigenvalue weighted by molar-refractivity contribution is 6.04. The Morgan fingerprint density at radius 3 is 2.83 bits per heavy atom. The molecule has 4 aromatic rings. The molecule has 2 aromatic carbocycles. The lowest BCUT2D eigenvalue weighted by Crippen LogP contribution is -2.51. The minimum atomic E-state index is -0.939. The van der Waals surface area contributed by atoms with Crippen molar-refractivity contribution < 1.29 is 27.8 Å². The van der Waals surface area contributed by atoms with Crippen molar-refractivity contribution >= 4 is 27.5 Å². The lowest BCUT2D eigenvalue weighted by Gasteiger charge is -2.31. The number of aromatic nitrogens is 3. The summed E-state index contributed by atoms with van der Waals surface area (Å²) in [7, 11) is 0. The van der Waals surface area contributed by atoms with Gasteiger partial charge >= 0.3 is 6.01 Å². The fraction of sp³-hybridized carbons (Fsp3) is 0.472. The van der Waals surface area contributed by atoms with Crippen LogP contribution < -0.4 is 20.1 Å². The van der Waals surface area contributed by atoms with E-state index in [-0.39, 0.29) is 69.4 Å². The maximum atomic E-state index is 17.0. The number of hydrogen-bond donors (Lipinski definition) is 3. The lowest BCUT2D eigenvalue weighted by atomic mass is 9.95. The number of alkyl halides is 1. The Morgan fingerprint density at radius 2 is 2.06 bits per heavy atom. The number of nitrogens with zero attached hydrogens (tertiary/aromatic N) is 4. The third-order valence-electron chi connectivity index (χ3n) is 10.4. The molecule has 48 heavy (non-hydrogen) atoms. The van der Waals surface area contributed by atoms with Crippen molar-refractivity contribution in [3.8, 4) is 41.2 Å². The van der Waals surface area contributed by atoms with E-state index in [0.717, 1.165) is 38.6 Å². The maximum absolute atomic E-state index is 17.0. The van der Waals surface area contributed by atoms with Crippen LogP contribution in [0.2, 0.25) is 0 Å². The van der Waals surface area contributed by atoms with Gasteiger partial charge in [-0.1, -0.05) is 18.9 Å². The molecular weight excluding hydrogens is 621 g/mol. The van der Waals surface area contributed by atoms with E-state index < -0.39 is 29.4 Å². The van der Waals surface area contributed by atoms with Crippen LogP contribution >= 0.6 is 0 Å². The molecule has 0 bridgehead atoms. The SMILES string of the molecule is C#Cc1c(F)ccc2cc(O)cc(-c3nc4c5c(nc(OC[C@@]67CCCN6C[C@H](F)C7)nc5c3F)N[C@@H]([C@H](CC)NC3CC3)[C@@H](C)O4)c12. The lowest BCUT2D eigenvalue weighted by molar-refractivity contribution is 0.107. The first kappa shape index (κ1) is 31.0. The fourth-order valence-corrected chi connectivity index (χ4v) is 7.93. The second-order valence-corrected chi connectivity index (χ2v) is 13.6. The minimum Gasteiger partial charge on any atom is -0.508 e. The zero-order chi connectivity index (χ0) is 33.3. The second kappa shape index (κ2) is 11.7. The standard InChI is InChI=1S/C36H37F3N6O3/c1-4-23-25(38)10-7-19-13-22(46)14-24(27(19)23)31-29(39)32-28-33(41-30(18(3)48-34(28)42-31)26(5-2)40-21-8-9-21)44-35(43-32)47-17-36-11-6-12-45(36)16-20(37)15-36/h1,7,10,13-14,18,20-21,26,30,40,46H,5-6,8-9,11-12,15-17H2,2-3H3,(H,41,43,44)/t18-,20-,26+,30-,36+/m1/s1. The van der Waals surface area contributed by atoms with Gasteiger partial charge in [-0.05, 0) is 69.2 Å². The van der Waals surface area contributed by atoms with Crippen LogP contribution in [-0.2, 0) is 0 Å². The summed E-state index contributed by atoms with van der Waals surface area (Å²) in [4.78, 5) is 16.1. The average molecular weight is 659 g/mol. The number of rotatable bonds is 8. The fourth-order valence-electron chi connectivity index (χ4n) is 7.93. The van der Waals surface area contributed by atoms with Crippen LogP contribution in [0.1, 0.15) is 57.9 Å². The number of halogens is 3. The van der Waals surface area contributed by atoms with Crippen LogP contribution in [0.25, 0.3) is 32.9 Å². The van der Waals surface area contributed by atoms with Crippen LogP contribution in [0.4, 0.5) is 19.0 Å². The molecule has 3 aliphatic heterocycles. The van der Waals surface area contributed by atoms with Gasteiger partial charge in [-0.2, -0.15) is 9.97 Å². The molecule has 12 heteroatoms. The topological polar surface area (TPSA) is 105 Å². The number of benzene rings is 2. The van der Waals surface area contributed by atoms with Gasteiger partial charge in [-0.25, -0.2) is 18.2 Å². The molecule has 0 amide bonds. The van der Waals surface area contributed by atoms with Gasteiger partial charge in [-0.15, -0.1) is 6.42 Å². The molecule has 5 heterocycles. The molecule has 9 nitrogen and oxygen atoms in total. The molecule has 0 spiro atoms. The number of pyridine rings is 1. The summed E-state index contributed by atoms with van der Waals surface area (Å²) in [6.07, 6.45) is 9.42. The molecule has 3 fully saturated rings. The van der Waals surface area contributed by atoms with Crippen molar-refractivity contribution in [3.63, 3.8) is 0 Å². The van der Waals surface area contributed by atoms with E-state index in [9.17, 15) is 13.9 Å². The minimum absolute atomic E-state index is 0.00241. The van der Waals surface area contributed by atoms with Gasteiger partial charge in [0, 0.05) is 36.0 Å². The number of terminal acetylenes is 1. The molecule has 0 unspecified atom stereocenters. The summed E-state index contributed by atoms with van der Waals surface area (Å²) in [5.41, 5.74) is -0.809. The molecule has 5 atom stereocenters. The zero-order valence-electron chi connectivity index (χ0n) is 26.8. The summed E-state index contributed by atoms with van der Waals surface area (Å²) >= 11 is 0. The van der Waals surface area contributed by atoms with E-state index in [4.69, 9.17) is 20.9 Å². The Labute approximate surface area is 276 Å². The zero-order valence-corrected chi connectivity index (χ0v) is 26.8. The first-order valence-corrected chi connectivity index (χ1v) is 16.7. The van der Waals surface area contributed by atoms with Crippen molar-refractivity contribution in [1.82, 2.24) is 25.2 Å². The Bertz CT molecular complexity index is 1980. The summed E-state index contributed by atoms with van der Waals surface area (Å²) in [6, 6.07) is 5.49. The van der Waals surface area contributed by atoms with E-state index in [1.54, 1.807) is 0 Å². The maximum Gasteiger partial charge on any atom is 0.319 e. The highest BCUT2D eigenvalue weighted by Gasteiger charge is 2.49. The van der Waals surface area contributed by atoms with Gasteiger partial charge in [-0.3, -0.25) is 4.90 Å². The number of phenolic OH excluding ortho intramolecular Hbond substituents is 1. The molecule has 250 valence electrons. The molecule has 0 radical (unpaired) electrons.